The summed E-state index contributed by atoms with van der Waals surface area (Å²) in [5.74, 6) is -0.837. The number of hydrogen-bond donors (Lipinski definition) is 2. The van der Waals surface area contributed by atoms with Crippen LogP contribution >= 0.6 is 0 Å². The standard InChI is InChI=1S/C17H18N2O3/c1-19(2)12-7-5-11(6-8-12)15-13(10-3-4-10)9-14(17(21)22)16(20)18-15/h5-10H,3-4H2,1-2H3,(H,18,20)(H,21,22). The molecule has 0 atom stereocenters. The van der Waals surface area contributed by atoms with Gasteiger partial charge < -0.3 is 15.0 Å². The number of nitrogens with one attached hydrogen (secondary N) is 1. The van der Waals surface area contributed by atoms with Crippen molar-refractivity contribution in [3.8, 4) is 11.3 Å². The zero-order chi connectivity index (χ0) is 15.9. The SMILES string of the molecule is CN(C)c1ccc(-c2[nH]c(=O)c(C(=O)O)cc2C2CC2)cc1. The fraction of sp³-hybridized carbons (Fsp3) is 0.294. The highest BCUT2D eigenvalue weighted by molar-refractivity contribution is 5.88. The van der Waals surface area contributed by atoms with Crippen LogP contribution in [0.3, 0.4) is 0 Å². The van der Waals surface area contributed by atoms with Crippen molar-refractivity contribution in [1.29, 1.82) is 0 Å². The van der Waals surface area contributed by atoms with E-state index in [0.717, 1.165) is 35.3 Å². The molecule has 1 aromatic heterocycles. The van der Waals surface area contributed by atoms with Crippen LogP contribution in [0.1, 0.15) is 34.7 Å². The summed E-state index contributed by atoms with van der Waals surface area (Å²) in [6.07, 6.45) is 2.07. The first-order valence-electron chi connectivity index (χ1n) is 7.25. The number of aromatic amines is 1. The molecule has 114 valence electrons. The van der Waals surface area contributed by atoms with Gasteiger partial charge in [0.05, 0.1) is 5.69 Å². The third-order valence-electron chi connectivity index (χ3n) is 3.99. The Morgan fingerprint density at radius 3 is 2.36 bits per heavy atom. The van der Waals surface area contributed by atoms with Crippen LogP contribution in [0, 0.1) is 0 Å². The molecule has 0 bridgehead atoms. The number of carboxylic acids is 1. The minimum Gasteiger partial charge on any atom is -0.477 e. The fourth-order valence-corrected chi connectivity index (χ4v) is 2.59. The minimum absolute atomic E-state index is 0.185. The molecule has 5 nitrogen and oxygen atoms in total. The lowest BCUT2D eigenvalue weighted by molar-refractivity contribution is 0.0695. The predicted octanol–water partition coefficient (Wildman–Crippen LogP) is 2.68. The van der Waals surface area contributed by atoms with Crippen LogP contribution in [0.5, 0.6) is 0 Å². The molecule has 3 rings (SSSR count). The molecule has 2 N–H and O–H groups in total. The van der Waals surface area contributed by atoms with Crippen LogP contribution in [0.25, 0.3) is 11.3 Å². The lowest BCUT2D eigenvalue weighted by Gasteiger charge is -2.14. The Bertz CT molecular complexity index is 771. The van der Waals surface area contributed by atoms with Crippen molar-refractivity contribution in [3.63, 3.8) is 0 Å². The van der Waals surface area contributed by atoms with E-state index in [9.17, 15) is 9.59 Å². The molecule has 1 aromatic carbocycles. The first-order valence-corrected chi connectivity index (χ1v) is 7.25. The van der Waals surface area contributed by atoms with Crippen LogP contribution < -0.4 is 10.5 Å². The Kier molecular flexibility index (Phi) is 3.48. The van der Waals surface area contributed by atoms with Crippen LogP contribution in [-0.4, -0.2) is 30.2 Å². The number of nitrogens with zero attached hydrogens (tertiary/aromatic N) is 1. The maximum absolute atomic E-state index is 12.0. The zero-order valence-corrected chi connectivity index (χ0v) is 12.6. The Balaban J connectivity index is 2.11. The smallest absolute Gasteiger partial charge is 0.341 e. The Morgan fingerprint density at radius 1 is 1.23 bits per heavy atom. The van der Waals surface area contributed by atoms with Gasteiger partial charge in [-0.05, 0) is 48.1 Å². The van der Waals surface area contributed by atoms with Crippen molar-refractivity contribution in [3.05, 3.63) is 51.8 Å². The number of aromatic nitrogens is 1. The maximum atomic E-state index is 12.0. The zero-order valence-electron chi connectivity index (χ0n) is 12.6. The number of aromatic carboxylic acids is 1. The van der Waals surface area contributed by atoms with E-state index in [1.807, 2.05) is 43.3 Å². The van der Waals surface area contributed by atoms with E-state index >= 15 is 0 Å². The summed E-state index contributed by atoms with van der Waals surface area (Å²) < 4.78 is 0. The molecule has 2 aromatic rings. The summed E-state index contributed by atoms with van der Waals surface area (Å²) in [4.78, 5) is 27.9. The summed E-state index contributed by atoms with van der Waals surface area (Å²) in [5, 5.41) is 9.13. The van der Waals surface area contributed by atoms with Gasteiger partial charge in [-0.3, -0.25) is 4.79 Å². The number of pyridine rings is 1. The van der Waals surface area contributed by atoms with E-state index in [0.29, 0.717) is 5.92 Å². The van der Waals surface area contributed by atoms with Gasteiger partial charge in [0.15, 0.2) is 0 Å². The summed E-state index contributed by atoms with van der Waals surface area (Å²) in [6.45, 7) is 0. The molecule has 0 amide bonds. The average molecular weight is 298 g/mol. The minimum atomic E-state index is -1.18. The molecule has 1 aliphatic rings. The van der Waals surface area contributed by atoms with Crippen LogP contribution in [0.15, 0.2) is 35.1 Å². The molecule has 1 heterocycles. The van der Waals surface area contributed by atoms with E-state index < -0.39 is 11.5 Å². The van der Waals surface area contributed by atoms with E-state index in [1.165, 1.54) is 6.07 Å². The lowest BCUT2D eigenvalue weighted by atomic mass is 10.00. The molecule has 22 heavy (non-hydrogen) atoms. The van der Waals surface area contributed by atoms with E-state index in [1.54, 1.807) is 0 Å². The second-order valence-electron chi connectivity index (χ2n) is 5.86. The summed E-state index contributed by atoms with van der Waals surface area (Å²) in [7, 11) is 3.93. The van der Waals surface area contributed by atoms with E-state index in [-0.39, 0.29) is 5.56 Å². The molecule has 0 saturated heterocycles. The number of carbonyl (C=O) groups is 1. The van der Waals surface area contributed by atoms with Gasteiger partial charge >= 0.3 is 5.97 Å². The second kappa shape index (κ2) is 5.33. The van der Waals surface area contributed by atoms with Gasteiger partial charge in [0.25, 0.3) is 5.56 Å². The molecule has 1 saturated carbocycles. The molecule has 0 radical (unpaired) electrons. The molecular weight excluding hydrogens is 280 g/mol. The molecule has 1 aliphatic carbocycles. The number of carboxylic acid groups (broad SMARTS) is 1. The largest absolute Gasteiger partial charge is 0.477 e. The van der Waals surface area contributed by atoms with Crippen LogP contribution in [0.2, 0.25) is 0 Å². The number of hydrogen-bond acceptors (Lipinski definition) is 3. The van der Waals surface area contributed by atoms with Crippen molar-refractivity contribution >= 4 is 11.7 Å². The van der Waals surface area contributed by atoms with Gasteiger partial charge in [0.1, 0.15) is 5.56 Å². The van der Waals surface area contributed by atoms with Crippen molar-refractivity contribution in [2.45, 2.75) is 18.8 Å². The Hall–Kier alpha value is -2.56. The van der Waals surface area contributed by atoms with Crippen molar-refractivity contribution in [2.75, 3.05) is 19.0 Å². The molecular formula is C17H18N2O3. The number of rotatable bonds is 4. The number of H-pyrrole nitrogens is 1. The van der Waals surface area contributed by atoms with Gasteiger partial charge in [-0.15, -0.1) is 0 Å². The monoisotopic (exact) mass is 298 g/mol. The molecule has 0 unspecified atom stereocenters. The van der Waals surface area contributed by atoms with Crippen LogP contribution in [0.4, 0.5) is 5.69 Å². The molecule has 5 heteroatoms. The predicted molar refractivity (Wildman–Crippen MR) is 85.8 cm³/mol. The van der Waals surface area contributed by atoms with Gasteiger partial charge in [-0.2, -0.15) is 0 Å². The van der Waals surface area contributed by atoms with Crippen molar-refractivity contribution in [2.24, 2.45) is 0 Å². The average Bonchev–Trinajstić information content (AvgIpc) is 3.31. The van der Waals surface area contributed by atoms with Crippen molar-refractivity contribution in [1.82, 2.24) is 4.98 Å². The molecule has 0 aliphatic heterocycles. The highest BCUT2D eigenvalue weighted by atomic mass is 16.4. The first-order chi connectivity index (χ1) is 10.5. The van der Waals surface area contributed by atoms with Gasteiger partial charge in [-0.1, -0.05) is 12.1 Å². The normalized spacial score (nSPS) is 13.9. The van der Waals surface area contributed by atoms with Gasteiger partial charge in [0, 0.05) is 19.8 Å². The highest BCUT2D eigenvalue weighted by Crippen LogP contribution is 2.43. The highest BCUT2D eigenvalue weighted by Gasteiger charge is 2.28. The summed E-state index contributed by atoms with van der Waals surface area (Å²) in [6, 6.07) is 9.40. The number of benzene rings is 1. The maximum Gasteiger partial charge on any atom is 0.341 e. The Morgan fingerprint density at radius 2 is 1.86 bits per heavy atom. The third-order valence-corrected chi connectivity index (χ3v) is 3.99. The van der Waals surface area contributed by atoms with Gasteiger partial charge in [-0.25, -0.2) is 4.79 Å². The van der Waals surface area contributed by atoms with Crippen molar-refractivity contribution < 1.29 is 9.90 Å². The quantitative estimate of drug-likeness (QED) is 0.910. The summed E-state index contributed by atoms with van der Waals surface area (Å²) in [5.41, 5.74) is 2.90. The number of anilines is 1. The lowest BCUT2D eigenvalue weighted by Crippen LogP contribution is -2.19. The van der Waals surface area contributed by atoms with E-state index in [2.05, 4.69) is 4.98 Å². The third kappa shape index (κ3) is 2.62. The van der Waals surface area contributed by atoms with E-state index in [4.69, 9.17) is 5.11 Å². The topological polar surface area (TPSA) is 73.4 Å². The first kappa shape index (κ1) is 14.4. The van der Waals surface area contributed by atoms with Gasteiger partial charge in [0.2, 0.25) is 0 Å². The Labute approximate surface area is 128 Å². The summed E-state index contributed by atoms with van der Waals surface area (Å²) >= 11 is 0. The molecule has 0 spiro atoms. The molecule has 1 fully saturated rings. The van der Waals surface area contributed by atoms with Crippen LogP contribution in [-0.2, 0) is 0 Å². The fourth-order valence-electron chi connectivity index (χ4n) is 2.59. The second-order valence-corrected chi connectivity index (χ2v) is 5.86.